The Hall–Kier alpha value is -3.38. The van der Waals surface area contributed by atoms with E-state index in [4.69, 9.17) is 14.5 Å². The number of nitrogens with zero attached hydrogens (tertiary/aromatic N) is 6. The highest BCUT2D eigenvalue weighted by Gasteiger charge is 2.30. The normalized spacial score (nSPS) is 22.2. The van der Waals surface area contributed by atoms with Crippen LogP contribution in [0.25, 0.3) is 16.9 Å². The molecule has 1 aromatic carbocycles. The topological polar surface area (TPSA) is 97.6 Å². The Bertz CT molecular complexity index is 1320. The van der Waals surface area contributed by atoms with Crippen LogP contribution in [0.5, 0.6) is 0 Å². The van der Waals surface area contributed by atoms with E-state index in [1.54, 1.807) is 30.3 Å². The molecule has 2 saturated heterocycles. The molecule has 10 nitrogen and oxygen atoms in total. The number of anilines is 2. The van der Waals surface area contributed by atoms with Gasteiger partial charge in [0, 0.05) is 44.7 Å². The van der Waals surface area contributed by atoms with Crippen molar-refractivity contribution in [3.8, 4) is 5.82 Å². The minimum absolute atomic E-state index is 0.0733. The fraction of sp³-hybridized carbons (Fsp3) is 0.571. The lowest BCUT2D eigenvalue weighted by atomic mass is 9.81. The van der Waals surface area contributed by atoms with Crippen LogP contribution in [0.4, 0.5) is 20.5 Å². The van der Waals surface area contributed by atoms with E-state index in [1.165, 1.54) is 4.57 Å². The monoisotopic (exact) mass is 555 g/mol. The number of ether oxygens (including phenoxy) is 2. The summed E-state index contributed by atoms with van der Waals surface area (Å²) in [6, 6.07) is 8.83. The first-order valence-electron chi connectivity index (χ1n) is 14.1. The van der Waals surface area contributed by atoms with E-state index in [-0.39, 0.29) is 17.6 Å². The Kier molecular flexibility index (Phi) is 8.05. The van der Waals surface area contributed by atoms with Gasteiger partial charge in [-0.1, -0.05) is 12.1 Å². The Morgan fingerprint density at radius 3 is 2.33 bits per heavy atom. The molecule has 0 spiro atoms. The van der Waals surface area contributed by atoms with Gasteiger partial charge in [0.2, 0.25) is 11.9 Å². The fourth-order valence-electron chi connectivity index (χ4n) is 5.89. The van der Waals surface area contributed by atoms with Gasteiger partial charge in [0.15, 0.2) is 5.82 Å². The van der Waals surface area contributed by atoms with Gasteiger partial charge >= 0.3 is 0 Å². The quantitative estimate of drug-likeness (QED) is 0.472. The molecule has 0 atom stereocenters. The first-order valence-corrected chi connectivity index (χ1v) is 14.1. The highest BCUT2D eigenvalue weighted by atomic mass is 19.3. The minimum Gasteiger partial charge on any atom is -0.378 e. The molecule has 2 aromatic heterocycles. The van der Waals surface area contributed by atoms with E-state index in [2.05, 4.69) is 20.2 Å². The van der Waals surface area contributed by atoms with Gasteiger partial charge in [-0.25, -0.2) is 13.8 Å². The van der Waals surface area contributed by atoms with E-state index in [0.29, 0.717) is 93.7 Å². The molecule has 0 radical (unpaired) electrons. The highest BCUT2D eigenvalue weighted by molar-refractivity contribution is 5.79. The van der Waals surface area contributed by atoms with Gasteiger partial charge in [0.1, 0.15) is 11.6 Å². The van der Waals surface area contributed by atoms with Crippen molar-refractivity contribution in [1.82, 2.24) is 24.4 Å². The van der Waals surface area contributed by atoms with Gasteiger partial charge in [-0.15, -0.1) is 0 Å². The lowest BCUT2D eigenvalue weighted by molar-refractivity contribution is -0.140. The summed E-state index contributed by atoms with van der Waals surface area (Å²) < 4.78 is 40.5. The maximum absolute atomic E-state index is 14.1. The largest absolute Gasteiger partial charge is 0.378 e. The van der Waals surface area contributed by atoms with Crippen molar-refractivity contribution in [2.75, 3.05) is 69.4 Å². The second-order valence-electron chi connectivity index (χ2n) is 10.6. The average Bonchev–Trinajstić information content (AvgIpc) is 3.41. The summed E-state index contributed by atoms with van der Waals surface area (Å²) in [4.78, 5) is 30.6. The number of para-hydroxylation sites is 2. The number of carbonyl (C=O) groups excluding carboxylic acids is 1. The molecule has 2 aliphatic heterocycles. The molecule has 3 aromatic rings. The molecule has 40 heavy (non-hydrogen) atoms. The van der Waals surface area contributed by atoms with Crippen LogP contribution in [0.1, 0.15) is 37.9 Å². The van der Waals surface area contributed by atoms with Crippen LogP contribution in [0, 0.1) is 11.8 Å². The number of hydrogen-bond acceptors (Lipinski definition) is 8. The van der Waals surface area contributed by atoms with Crippen molar-refractivity contribution in [2.24, 2.45) is 11.8 Å². The number of fused-ring (bicyclic) bond motifs is 1. The fourth-order valence-corrected chi connectivity index (χ4v) is 5.89. The zero-order valence-electron chi connectivity index (χ0n) is 22.5. The number of halogens is 2. The molecule has 0 unspecified atom stereocenters. The van der Waals surface area contributed by atoms with Crippen LogP contribution < -0.4 is 10.2 Å². The standard InChI is InChI=1S/C28H35F2N7O3/c29-25(30)26-32-21-3-1-2-4-22(21)37(26)24-17-23(35-9-13-39-14-10-35)33-28(34-24)31-18-19-5-7-20(8-6-19)27(38)36-11-15-40-16-12-36/h1-4,17,19-20,25H,5-16,18H2,(H,31,33,34)/t19-,20-. The molecule has 3 fully saturated rings. The van der Waals surface area contributed by atoms with Gasteiger partial charge in [-0.2, -0.15) is 9.97 Å². The number of amides is 1. The number of hydrogen-bond donors (Lipinski definition) is 1. The predicted octanol–water partition coefficient (Wildman–Crippen LogP) is 3.67. The summed E-state index contributed by atoms with van der Waals surface area (Å²) >= 11 is 0. The lowest BCUT2D eigenvalue weighted by Crippen LogP contribution is -2.44. The van der Waals surface area contributed by atoms with Gasteiger partial charge in [0.25, 0.3) is 6.43 Å². The first kappa shape index (κ1) is 26.8. The van der Waals surface area contributed by atoms with Crippen LogP contribution in [0.2, 0.25) is 0 Å². The van der Waals surface area contributed by atoms with Gasteiger partial charge in [0.05, 0.1) is 37.5 Å². The summed E-state index contributed by atoms with van der Waals surface area (Å²) in [6.07, 6.45) is 0.834. The Labute approximate surface area is 231 Å². The molecule has 1 amide bonds. The average molecular weight is 556 g/mol. The van der Waals surface area contributed by atoms with Crippen molar-refractivity contribution in [3.05, 3.63) is 36.2 Å². The van der Waals surface area contributed by atoms with E-state index >= 15 is 0 Å². The summed E-state index contributed by atoms with van der Waals surface area (Å²) in [6.45, 7) is 5.70. The predicted molar refractivity (Wildman–Crippen MR) is 146 cm³/mol. The van der Waals surface area contributed by atoms with Crippen LogP contribution >= 0.6 is 0 Å². The molecular weight excluding hydrogens is 520 g/mol. The molecule has 3 aliphatic rings. The van der Waals surface area contributed by atoms with E-state index in [0.717, 1.165) is 25.7 Å². The van der Waals surface area contributed by atoms with Gasteiger partial charge in [-0.3, -0.25) is 9.36 Å². The minimum atomic E-state index is -2.76. The number of rotatable bonds is 7. The molecule has 4 heterocycles. The molecule has 214 valence electrons. The SMILES string of the molecule is O=C([C@H]1CC[C@H](CNc2nc(N3CCOCC3)cc(-n3c(C(F)F)nc4ccccc43)n2)CC1)N1CCOCC1. The summed E-state index contributed by atoms with van der Waals surface area (Å²) in [7, 11) is 0. The van der Waals surface area contributed by atoms with Crippen LogP contribution in [0.15, 0.2) is 30.3 Å². The third kappa shape index (κ3) is 5.73. The number of benzene rings is 1. The van der Waals surface area contributed by atoms with Crippen molar-refractivity contribution >= 4 is 28.7 Å². The lowest BCUT2D eigenvalue weighted by Gasteiger charge is -2.34. The Morgan fingerprint density at radius 2 is 1.60 bits per heavy atom. The number of alkyl halides is 2. The maximum atomic E-state index is 14.1. The second-order valence-corrected chi connectivity index (χ2v) is 10.6. The number of morpholine rings is 2. The molecule has 1 aliphatic carbocycles. The van der Waals surface area contributed by atoms with E-state index in [9.17, 15) is 13.6 Å². The first-order chi connectivity index (χ1) is 19.6. The van der Waals surface area contributed by atoms with Crippen LogP contribution in [-0.4, -0.2) is 89.5 Å². The van der Waals surface area contributed by atoms with Crippen molar-refractivity contribution in [1.29, 1.82) is 0 Å². The van der Waals surface area contributed by atoms with E-state index in [1.807, 2.05) is 4.90 Å². The molecule has 12 heteroatoms. The van der Waals surface area contributed by atoms with Gasteiger partial charge in [-0.05, 0) is 43.7 Å². The van der Waals surface area contributed by atoms with Crippen molar-refractivity contribution in [2.45, 2.75) is 32.1 Å². The molecule has 6 rings (SSSR count). The summed E-state index contributed by atoms with van der Waals surface area (Å²) in [5.41, 5.74) is 1.06. The smallest absolute Gasteiger partial charge is 0.296 e. The van der Waals surface area contributed by atoms with Crippen molar-refractivity contribution in [3.63, 3.8) is 0 Å². The molecule has 1 saturated carbocycles. The molecule has 1 N–H and O–H groups in total. The van der Waals surface area contributed by atoms with Crippen molar-refractivity contribution < 1.29 is 23.0 Å². The number of nitrogens with one attached hydrogen (secondary N) is 1. The van der Waals surface area contributed by atoms with Crippen LogP contribution in [0.3, 0.4) is 0 Å². The molecular formula is C28H35F2N7O3. The number of imidazole rings is 1. The highest BCUT2D eigenvalue weighted by Crippen LogP contribution is 2.32. The Balaban J connectivity index is 1.20. The third-order valence-electron chi connectivity index (χ3n) is 8.11. The Morgan fingerprint density at radius 1 is 0.925 bits per heavy atom. The second kappa shape index (κ2) is 12.0. The number of aromatic nitrogens is 4. The zero-order chi connectivity index (χ0) is 27.5. The zero-order valence-corrected chi connectivity index (χ0v) is 22.5. The third-order valence-corrected chi connectivity index (χ3v) is 8.11. The van der Waals surface area contributed by atoms with E-state index < -0.39 is 6.43 Å². The van der Waals surface area contributed by atoms with Crippen LogP contribution in [-0.2, 0) is 14.3 Å². The van der Waals surface area contributed by atoms with Gasteiger partial charge < -0.3 is 24.6 Å². The summed E-state index contributed by atoms with van der Waals surface area (Å²) in [5, 5.41) is 3.39. The summed E-state index contributed by atoms with van der Waals surface area (Å²) in [5.74, 6) is 1.76. The maximum Gasteiger partial charge on any atom is 0.296 e. The number of carbonyl (C=O) groups is 1. The molecule has 0 bridgehead atoms.